The number of anilines is 1. The van der Waals surface area contributed by atoms with Crippen LogP contribution in [-0.4, -0.2) is 17.3 Å². The van der Waals surface area contributed by atoms with Crippen LogP contribution in [-0.2, 0) is 4.79 Å². The maximum absolute atomic E-state index is 12.3. The highest BCUT2D eigenvalue weighted by Gasteiger charge is 2.31. The predicted octanol–water partition coefficient (Wildman–Crippen LogP) is 5.39. The van der Waals surface area contributed by atoms with Crippen molar-refractivity contribution in [3.63, 3.8) is 0 Å². The molecule has 5 nitrogen and oxygen atoms in total. The van der Waals surface area contributed by atoms with E-state index in [1.54, 1.807) is 30.3 Å². The summed E-state index contributed by atoms with van der Waals surface area (Å²) in [4.78, 5) is 16.5. The Morgan fingerprint density at radius 3 is 2.71 bits per heavy atom. The van der Waals surface area contributed by atoms with Crippen LogP contribution in [0.2, 0.25) is 5.02 Å². The summed E-state index contributed by atoms with van der Waals surface area (Å²) < 4.78 is 41.2. The lowest BCUT2D eigenvalue weighted by Crippen LogP contribution is -2.16. The molecule has 0 aliphatic rings. The number of nitriles is 1. The molecule has 28 heavy (non-hydrogen) atoms. The highest BCUT2D eigenvalue weighted by atomic mass is 35.5. The fraction of sp³-hybridized carbons (Fsp3) is 0.0556. The second-order valence-electron chi connectivity index (χ2n) is 5.34. The van der Waals surface area contributed by atoms with Crippen molar-refractivity contribution < 1.29 is 22.7 Å². The van der Waals surface area contributed by atoms with Crippen LogP contribution in [0, 0.1) is 11.3 Å². The van der Waals surface area contributed by atoms with E-state index in [0.29, 0.717) is 20.8 Å². The number of alkyl halides is 3. The van der Waals surface area contributed by atoms with Gasteiger partial charge in [0.05, 0.1) is 10.2 Å². The first kappa shape index (κ1) is 19.7. The zero-order valence-electron chi connectivity index (χ0n) is 13.7. The summed E-state index contributed by atoms with van der Waals surface area (Å²) in [5.74, 6) is -1.11. The molecule has 1 heterocycles. The van der Waals surface area contributed by atoms with Gasteiger partial charge in [-0.15, -0.1) is 13.2 Å². The molecule has 1 aromatic heterocycles. The van der Waals surface area contributed by atoms with Gasteiger partial charge in [-0.05, 0) is 29.8 Å². The van der Waals surface area contributed by atoms with E-state index in [2.05, 4.69) is 15.0 Å². The normalized spacial score (nSPS) is 11.9. The van der Waals surface area contributed by atoms with Crippen molar-refractivity contribution in [3.05, 3.63) is 58.6 Å². The Balaban J connectivity index is 1.82. The summed E-state index contributed by atoms with van der Waals surface area (Å²) in [6.07, 6.45) is -3.47. The van der Waals surface area contributed by atoms with Gasteiger partial charge in [-0.25, -0.2) is 4.98 Å². The monoisotopic (exact) mass is 423 g/mol. The van der Waals surface area contributed by atoms with Gasteiger partial charge in [-0.1, -0.05) is 41.1 Å². The number of hydrogen-bond acceptors (Lipinski definition) is 5. The molecule has 3 aromatic rings. The van der Waals surface area contributed by atoms with Crippen molar-refractivity contribution in [2.24, 2.45) is 0 Å². The van der Waals surface area contributed by atoms with Crippen molar-refractivity contribution in [1.82, 2.24) is 4.98 Å². The zero-order valence-corrected chi connectivity index (χ0v) is 15.3. The van der Waals surface area contributed by atoms with Crippen LogP contribution in [0.15, 0.2) is 48.0 Å². The fourth-order valence-electron chi connectivity index (χ4n) is 2.22. The third-order valence-corrected chi connectivity index (χ3v) is 4.66. The highest BCUT2D eigenvalue weighted by Crippen LogP contribution is 2.31. The van der Waals surface area contributed by atoms with E-state index in [0.717, 1.165) is 17.4 Å². The van der Waals surface area contributed by atoms with E-state index in [-0.39, 0.29) is 10.7 Å². The minimum Gasteiger partial charge on any atom is -0.406 e. The summed E-state index contributed by atoms with van der Waals surface area (Å²) in [5, 5.41) is 12.2. The Morgan fingerprint density at radius 2 is 2.04 bits per heavy atom. The van der Waals surface area contributed by atoms with Crippen molar-refractivity contribution in [2.45, 2.75) is 6.36 Å². The van der Waals surface area contributed by atoms with Gasteiger partial charge in [0.25, 0.3) is 5.91 Å². The van der Waals surface area contributed by atoms with Crippen LogP contribution < -0.4 is 10.1 Å². The van der Waals surface area contributed by atoms with Gasteiger partial charge in [0.1, 0.15) is 17.4 Å². The van der Waals surface area contributed by atoms with Crippen molar-refractivity contribution in [1.29, 1.82) is 5.26 Å². The number of benzene rings is 2. The minimum atomic E-state index is -4.80. The summed E-state index contributed by atoms with van der Waals surface area (Å²) >= 11 is 6.97. The molecule has 0 fully saturated rings. The third-order valence-electron chi connectivity index (χ3n) is 3.38. The lowest BCUT2D eigenvalue weighted by molar-refractivity contribution is -0.274. The smallest absolute Gasteiger partial charge is 0.406 e. The number of thiazole rings is 1. The summed E-state index contributed by atoms with van der Waals surface area (Å²) in [5.41, 5.74) is 0.672. The zero-order chi connectivity index (χ0) is 20.3. The average molecular weight is 424 g/mol. The topological polar surface area (TPSA) is 75.0 Å². The third kappa shape index (κ3) is 4.79. The maximum atomic E-state index is 12.3. The molecular weight excluding hydrogens is 415 g/mol. The fourth-order valence-corrected chi connectivity index (χ4v) is 3.30. The number of halogens is 4. The molecule has 0 unspecified atom stereocenters. The Kier molecular flexibility index (Phi) is 5.53. The van der Waals surface area contributed by atoms with Crippen LogP contribution in [0.1, 0.15) is 5.56 Å². The molecule has 0 radical (unpaired) electrons. The van der Waals surface area contributed by atoms with Gasteiger partial charge in [0, 0.05) is 11.1 Å². The first-order valence-electron chi connectivity index (χ1n) is 7.59. The van der Waals surface area contributed by atoms with Crippen LogP contribution in [0.25, 0.3) is 16.3 Å². The predicted molar refractivity (Wildman–Crippen MR) is 100.0 cm³/mol. The molecule has 0 atom stereocenters. The van der Waals surface area contributed by atoms with Crippen molar-refractivity contribution >= 4 is 50.3 Å². The van der Waals surface area contributed by atoms with Gasteiger partial charge in [-0.2, -0.15) is 5.26 Å². The molecule has 0 saturated heterocycles. The molecule has 0 spiro atoms. The van der Waals surface area contributed by atoms with E-state index < -0.39 is 18.0 Å². The maximum Gasteiger partial charge on any atom is 0.573 e. The number of amides is 1. The SMILES string of the molecule is N#C/C(=C\c1ccccc1Cl)C(=O)Nc1nc2ccc(OC(F)(F)F)cc2s1. The first-order valence-corrected chi connectivity index (χ1v) is 8.78. The number of nitrogens with one attached hydrogen (secondary N) is 1. The number of rotatable bonds is 4. The van der Waals surface area contributed by atoms with E-state index >= 15 is 0 Å². The Morgan fingerprint density at radius 1 is 1.29 bits per heavy atom. The summed E-state index contributed by atoms with van der Waals surface area (Å²) in [6, 6.07) is 12.1. The van der Waals surface area contributed by atoms with Gasteiger partial charge < -0.3 is 4.74 Å². The molecule has 0 bridgehead atoms. The van der Waals surface area contributed by atoms with Gasteiger partial charge in [0.15, 0.2) is 5.13 Å². The molecule has 142 valence electrons. The van der Waals surface area contributed by atoms with E-state index in [9.17, 15) is 23.2 Å². The van der Waals surface area contributed by atoms with E-state index in [1.165, 1.54) is 18.2 Å². The summed E-state index contributed by atoms with van der Waals surface area (Å²) in [7, 11) is 0. The largest absolute Gasteiger partial charge is 0.573 e. The van der Waals surface area contributed by atoms with Crippen LogP contribution >= 0.6 is 22.9 Å². The molecule has 1 N–H and O–H groups in total. The van der Waals surface area contributed by atoms with Crippen LogP contribution in [0.4, 0.5) is 18.3 Å². The Hall–Kier alpha value is -3.09. The molecular formula is C18H9ClF3N3O2S. The Bertz CT molecular complexity index is 1120. The van der Waals surface area contributed by atoms with E-state index in [4.69, 9.17) is 11.6 Å². The van der Waals surface area contributed by atoms with Gasteiger partial charge >= 0.3 is 6.36 Å². The number of aromatic nitrogens is 1. The second kappa shape index (κ2) is 7.88. The van der Waals surface area contributed by atoms with E-state index in [1.807, 2.05) is 0 Å². The van der Waals surface area contributed by atoms with Crippen LogP contribution in [0.5, 0.6) is 5.75 Å². The van der Waals surface area contributed by atoms with Crippen LogP contribution in [0.3, 0.4) is 0 Å². The number of carbonyl (C=O) groups excluding carboxylic acids is 1. The highest BCUT2D eigenvalue weighted by molar-refractivity contribution is 7.22. The minimum absolute atomic E-state index is 0.129. The second-order valence-corrected chi connectivity index (χ2v) is 6.78. The molecule has 3 rings (SSSR count). The average Bonchev–Trinajstić information content (AvgIpc) is 3.01. The summed E-state index contributed by atoms with van der Waals surface area (Å²) in [6.45, 7) is 0. The molecule has 0 aliphatic heterocycles. The standard InChI is InChI=1S/C18H9ClF3N3O2S/c19-13-4-2-1-3-10(13)7-11(9-23)16(26)25-17-24-14-6-5-12(8-15(14)28-17)27-18(20,21)22/h1-8H,(H,24,25,26)/b11-7+. The number of hydrogen-bond donors (Lipinski definition) is 1. The quantitative estimate of drug-likeness (QED) is 0.450. The molecule has 2 aromatic carbocycles. The Labute approximate surface area is 165 Å². The van der Waals surface area contributed by atoms with Crippen molar-refractivity contribution in [2.75, 3.05) is 5.32 Å². The molecule has 0 aliphatic carbocycles. The molecule has 0 saturated carbocycles. The molecule has 10 heteroatoms. The number of nitrogens with zero attached hydrogens (tertiary/aromatic N) is 2. The van der Waals surface area contributed by atoms with Crippen molar-refractivity contribution in [3.8, 4) is 11.8 Å². The number of carbonyl (C=O) groups is 1. The van der Waals surface area contributed by atoms with Gasteiger partial charge in [-0.3, -0.25) is 10.1 Å². The first-order chi connectivity index (χ1) is 13.2. The van der Waals surface area contributed by atoms with Gasteiger partial charge in [0.2, 0.25) is 0 Å². The lowest BCUT2D eigenvalue weighted by atomic mass is 10.1. The lowest BCUT2D eigenvalue weighted by Gasteiger charge is -2.07. The number of fused-ring (bicyclic) bond motifs is 1. The number of ether oxygens (including phenoxy) is 1. The molecule has 1 amide bonds.